The largest absolute Gasteiger partial charge is 0.478 e. The second-order valence-corrected chi connectivity index (χ2v) is 7.09. The molecule has 0 fully saturated rings. The van der Waals surface area contributed by atoms with Gasteiger partial charge in [-0.2, -0.15) is 0 Å². The standard InChI is InChI=1S/C16H15N3O7S/c17-8-7-10-1-4-12(5-2-10)27(25,26)18-15(20)14-9-11(19(23)24)3-6-13(14)16(21)22/h1-6,9H,7-8,17H2,(H,18,20)(H,21,22). The first-order valence-electron chi connectivity index (χ1n) is 7.53. The number of carboxylic acid groups (broad SMARTS) is 1. The van der Waals surface area contributed by atoms with Gasteiger partial charge >= 0.3 is 5.97 Å². The lowest BCUT2D eigenvalue weighted by atomic mass is 10.1. The summed E-state index contributed by atoms with van der Waals surface area (Å²) < 4.78 is 26.4. The minimum Gasteiger partial charge on any atom is -0.478 e. The van der Waals surface area contributed by atoms with E-state index >= 15 is 0 Å². The number of carbonyl (C=O) groups excluding carboxylic acids is 1. The highest BCUT2D eigenvalue weighted by Crippen LogP contribution is 2.19. The second-order valence-electron chi connectivity index (χ2n) is 5.41. The van der Waals surface area contributed by atoms with E-state index < -0.39 is 43.6 Å². The van der Waals surface area contributed by atoms with Crippen molar-refractivity contribution in [2.24, 2.45) is 5.73 Å². The first-order chi connectivity index (χ1) is 12.7. The predicted octanol–water partition coefficient (Wildman–Crippen LogP) is 0.913. The number of aromatic carboxylic acids is 1. The summed E-state index contributed by atoms with van der Waals surface area (Å²) in [6, 6.07) is 8.08. The molecular weight excluding hydrogens is 378 g/mol. The molecule has 0 saturated carbocycles. The molecule has 11 heteroatoms. The van der Waals surface area contributed by atoms with Gasteiger partial charge in [-0.1, -0.05) is 12.1 Å². The van der Waals surface area contributed by atoms with Gasteiger partial charge in [0.05, 0.1) is 20.9 Å². The van der Waals surface area contributed by atoms with Gasteiger partial charge in [-0.25, -0.2) is 17.9 Å². The number of sulfonamides is 1. The molecule has 27 heavy (non-hydrogen) atoms. The second kappa shape index (κ2) is 7.93. The Bertz CT molecular complexity index is 1000. The number of carbonyl (C=O) groups is 2. The van der Waals surface area contributed by atoms with Crippen molar-refractivity contribution < 1.29 is 28.0 Å². The zero-order chi connectivity index (χ0) is 20.2. The Morgan fingerprint density at radius 2 is 1.74 bits per heavy atom. The predicted molar refractivity (Wildman–Crippen MR) is 93.9 cm³/mol. The van der Waals surface area contributed by atoms with E-state index in [0.717, 1.165) is 17.7 Å². The van der Waals surface area contributed by atoms with Gasteiger partial charge in [0.1, 0.15) is 0 Å². The van der Waals surface area contributed by atoms with Crippen LogP contribution in [0.4, 0.5) is 5.69 Å². The Hall–Kier alpha value is -3.31. The Labute approximate surface area is 153 Å². The fraction of sp³-hybridized carbons (Fsp3) is 0.125. The Morgan fingerprint density at radius 1 is 1.11 bits per heavy atom. The number of hydrogen-bond acceptors (Lipinski definition) is 7. The molecule has 4 N–H and O–H groups in total. The molecule has 0 aliphatic carbocycles. The summed E-state index contributed by atoms with van der Waals surface area (Å²) in [6.45, 7) is 0.383. The van der Waals surface area contributed by atoms with Gasteiger partial charge in [-0.05, 0) is 36.7 Å². The molecule has 2 rings (SSSR count). The van der Waals surface area contributed by atoms with Crippen molar-refractivity contribution >= 4 is 27.6 Å². The third kappa shape index (κ3) is 4.65. The number of nitro groups is 1. The number of nitrogens with zero attached hydrogens (tertiary/aromatic N) is 1. The van der Waals surface area contributed by atoms with Crippen LogP contribution >= 0.6 is 0 Å². The third-order valence-electron chi connectivity index (χ3n) is 3.58. The minimum absolute atomic E-state index is 0.223. The first kappa shape index (κ1) is 20.0. The summed E-state index contributed by atoms with van der Waals surface area (Å²) in [5.74, 6) is -2.82. The van der Waals surface area contributed by atoms with Gasteiger partial charge in [-0.3, -0.25) is 14.9 Å². The van der Waals surface area contributed by atoms with Crippen LogP contribution in [-0.2, 0) is 16.4 Å². The number of nitro benzene ring substituents is 1. The molecule has 0 aliphatic rings. The maximum absolute atomic E-state index is 12.3. The number of nitrogens with one attached hydrogen (secondary N) is 1. The fourth-order valence-electron chi connectivity index (χ4n) is 2.26. The number of rotatable bonds is 7. The number of non-ortho nitro benzene ring substituents is 1. The lowest BCUT2D eigenvalue weighted by Gasteiger charge is -2.09. The number of benzene rings is 2. The summed E-state index contributed by atoms with van der Waals surface area (Å²) in [7, 11) is -4.31. The van der Waals surface area contributed by atoms with Crippen molar-refractivity contribution in [3.05, 3.63) is 69.3 Å². The van der Waals surface area contributed by atoms with Crippen molar-refractivity contribution in [1.29, 1.82) is 0 Å². The lowest BCUT2D eigenvalue weighted by molar-refractivity contribution is -0.384. The number of carboxylic acids is 1. The van der Waals surface area contributed by atoms with Gasteiger partial charge in [0.2, 0.25) is 0 Å². The molecule has 0 aromatic heterocycles. The van der Waals surface area contributed by atoms with E-state index in [-0.39, 0.29) is 4.90 Å². The summed E-state index contributed by atoms with van der Waals surface area (Å²) in [6.07, 6.45) is 0.544. The lowest BCUT2D eigenvalue weighted by Crippen LogP contribution is -2.31. The number of hydrogen-bond donors (Lipinski definition) is 3. The molecule has 0 atom stereocenters. The highest BCUT2D eigenvalue weighted by Gasteiger charge is 2.25. The molecule has 0 bridgehead atoms. The summed E-state index contributed by atoms with van der Waals surface area (Å²) in [5.41, 5.74) is 4.47. The first-order valence-corrected chi connectivity index (χ1v) is 9.02. The molecule has 0 radical (unpaired) electrons. The van der Waals surface area contributed by atoms with Crippen molar-refractivity contribution in [2.45, 2.75) is 11.3 Å². The molecule has 2 aromatic carbocycles. The van der Waals surface area contributed by atoms with Crippen LogP contribution in [0.5, 0.6) is 0 Å². The quantitative estimate of drug-likeness (QED) is 0.460. The van der Waals surface area contributed by atoms with Gasteiger partial charge < -0.3 is 10.8 Å². The topological polar surface area (TPSA) is 170 Å². The van der Waals surface area contributed by atoms with Crippen LogP contribution in [0.25, 0.3) is 0 Å². The third-order valence-corrected chi connectivity index (χ3v) is 4.93. The maximum atomic E-state index is 12.3. The van der Waals surface area contributed by atoms with Crippen LogP contribution in [0.2, 0.25) is 0 Å². The van der Waals surface area contributed by atoms with E-state index in [9.17, 15) is 28.1 Å². The highest BCUT2D eigenvalue weighted by atomic mass is 32.2. The van der Waals surface area contributed by atoms with Gasteiger partial charge in [0, 0.05) is 12.1 Å². The van der Waals surface area contributed by atoms with E-state index in [1.165, 1.54) is 24.3 Å². The monoisotopic (exact) mass is 393 g/mol. The van der Waals surface area contributed by atoms with Crippen molar-refractivity contribution in [2.75, 3.05) is 6.54 Å². The van der Waals surface area contributed by atoms with Crippen molar-refractivity contribution in [1.82, 2.24) is 4.72 Å². The summed E-state index contributed by atoms with van der Waals surface area (Å²) >= 11 is 0. The van der Waals surface area contributed by atoms with Gasteiger partial charge in [-0.15, -0.1) is 0 Å². The maximum Gasteiger partial charge on any atom is 0.336 e. The molecule has 2 aromatic rings. The van der Waals surface area contributed by atoms with E-state index in [1.807, 2.05) is 0 Å². The SMILES string of the molecule is NCCc1ccc(S(=O)(=O)NC(=O)c2cc([N+](=O)[O-])ccc2C(=O)O)cc1. The van der Waals surface area contributed by atoms with E-state index in [0.29, 0.717) is 19.0 Å². The van der Waals surface area contributed by atoms with Gasteiger partial charge in [0.15, 0.2) is 0 Å². The molecule has 1 amide bonds. The zero-order valence-electron chi connectivity index (χ0n) is 13.8. The van der Waals surface area contributed by atoms with Crippen LogP contribution in [0.15, 0.2) is 47.4 Å². The molecule has 0 heterocycles. The molecule has 0 spiro atoms. The minimum atomic E-state index is -4.31. The Balaban J connectivity index is 2.36. The summed E-state index contributed by atoms with van der Waals surface area (Å²) in [4.78, 5) is 33.3. The molecule has 0 aliphatic heterocycles. The average Bonchev–Trinajstić information content (AvgIpc) is 2.61. The zero-order valence-corrected chi connectivity index (χ0v) is 14.6. The molecule has 0 unspecified atom stereocenters. The normalized spacial score (nSPS) is 11.0. The number of amides is 1. The van der Waals surface area contributed by atoms with E-state index in [1.54, 1.807) is 4.72 Å². The van der Waals surface area contributed by atoms with Crippen LogP contribution in [0.1, 0.15) is 26.3 Å². The Kier molecular flexibility index (Phi) is 5.88. The van der Waals surface area contributed by atoms with Gasteiger partial charge in [0.25, 0.3) is 21.6 Å². The van der Waals surface area contributed by atoms with Crippen LogP contribution < -0.4 is 10.5 Å². The molecule has 0 saturated heterocycles. The van der Waals surface area contributed by atoms with Crippen LogP contribution in [0.3, 0.4) is 0 Å². The van der Waals surface area contributed by atoms with Crippen LogP contribution in [0, 0.1) is 10.1 Å². The Morgan fingerprint density at radius 3 is 2.26 bits per heavy atom. The molecule has 10 nitrogen and oxygen atoms in total. The summed E-state index contributed by atoms with van der Waals surface area (Å²) in [5, 5.41) is 20.0. The van der Waals surface area contributed by atoms with Crippen molar-refractivity contribution in [3.63, 3.8) is 0 Å². The van der Waals surface area contributed by atoms with E-state index in [4.69, 9.17) is 10.8 Å². The van der Waals surface area contributed by atoms with Crippen LogP contribution in [-0.4, -0.2) is 36.9 Å². The fourth-order valence-corrected chi connectivity index (χ4v) is 3.22. The average molecular weight is 393 g/mol. The molecular formula is C16H15N3O7S. The molecule has 142 valence electrons. The highest BCUT2D eigenvalue weighted by molar-refractivity contribution is 7.90. The number of nitrogens with two attached hydrogens (primary N) is 1. The van der Waals surface area contributed by atoms with Crippen molar-refractivity contribution in [3.8, 4) is 0 Å². The smallest absolute Gasteiger partial charge is 0.336 e. The van der Waals surface area contributed by atoms with E-state index in [2.05, 4.69) is 0 Å².